The van der Waals surface area contributed by atoms with E-state index in [1.165, 1.54) is 17.9 Å². The van der Waals surface area contributed by atoms with Crippen LogP contribution < -0.4 is 4.90 Å². The Hall–Kier alpha value is -2.31. The second-order valence-corrected chi connectivity index (χ2v) is 6.12. The lowest BCUT2D eigenvalue weighted by Gasteiger charge is -2.36. The zero-order chi connectivity index (χ0) is 16.8. The molecule has 6 nitrogen and oxygen atoms in total. The number of hydrogen-bond donors (Lipinski definition) is 3. The van der Waals surface area contributed by atoms with Gasteiger partial charge in [0.1, 0.15) is 17.5 Å². The lowest BCUT2D eigenvalue weighted by Crippen LogP contribution is -2.48. The number of carbonyl (C=O) groups excluding carboxylic acids is 1. The van der Waals surface area contributed by atoms with Crippen molar-refractivity contribution in [2.45, 2.75) is 24.7 Å². The van der Waals surface area contributed by atoms with E-state index in [2.05, 4.69) is 0 Å². The van der Waals surface area contributed by atoms with Gasteiger partial charge in [-0.15, -0.1) is 0 Å². The standard InChI is InChI=1S/C17H20N2O4/c1-17(23)14(20)9-8-12(15(17)21)13-10-19(16(22)18(13)2)11-6-4-3-5-7-11/h3-9,13,15,20-21,23H,10H2,1-2H3. The number of likely N-dealkylation sites (N-methyl/N-ethyl adjacent to an activating group) is 1. The van der Waals surface area contributed by atoms with Crippen LogP contribution in [0.15, 0.2) is 53.8 Å². The number of allylic oxidation sites excluding steroid dienone is 2. The summed E-state index contributed by atoms with van der Waals surface area (Å²) in [7, 11) is 1.66. The molecule has 3 rings (SSSR count). The molecular formula is C17H20N2O4. The molecule has 0 radical (unpaired) electrons. The Labute approximate surface area is 134 Å². The van der Waals surface area contributed by atoms with E-state index in [0.29, 0.717) is 12.1 Å². The Morgan fingerprint density at radius 1 is 1.22 bits per heavy atom. The summed E-state index contributed by atoms with van der Waals surface area (Å²) >= 11 is 0. The highest BCUT2D eigenvalue weighted by Gasteiger charge is 2.46. The van der Waals surface area contributed by atoms with Crippen LogP contribution in [0.2, 0.25) is 0 Å². The molecule has 1 fully saturated rings. The molecule has 1 aromatic carbocycles. The third-order valence-corrected chi connectivity index (χ3v) is 4.61. The third-order valence-electron chi connectivity index (χ3n) is 4.61. The number of nitrogens with zero attached hydrogens (tertiary/aromatic N) is 2. The van der Waals surface area contributed by atoms with Crippen molar-refractivity contribution in [1.82, 2.24) is 4.90 Å². The summed E-state index contributed by atoms with van der Waals surface area (Å²) in [6, 6.07) is 8.74. The van der Waals surface area contributed by atoms with Gasteiger partial charge in [0.2, 0.25) is 0 Å². The summed E-state index contributed by atoms with van der Waals surface area (Å²) < 4.78 is 0. The Balaban J connectivity index is 1.92. The average Bonchev–Trinajstić information content (AvgIpc) is 2.83. The summed E-state index contributed by atoms with van der Waals surface area (Å²) in [4.78, 5) is 15.7. The predicted octanol–water partition coefficient (Wildman–Crippen LogP) is 1.42. The predicted molar refractivity (Wildman–Crippen MR) is 86.2 cm³/mol. The van der Waals surface area contributed by atoms with Crippen LogP contribution in [-0.2, 0) is 0 Å². The van der Waals surface area contributed by atoms with Gasteiger partial charge < -0.3 is 20.2 Å². The molecule has 0 saturated carbocycles. The van der Waals surface area contributed by atoms with Gasteiger partial charge in [-0.3, -0.25) is 4.90 Å². The van der Waals surface area contributed by atoms with E-state index in [0.717, 1.165) is 5.69 Å². The van der Waals surface area contributed by atoms with Crippen molar-refractivity contribution in [2.24, 2.45) is 0 Å². The van der Waals surface area contributed by atoms with Gasteiger partial charge in [-0.05, 0) is 30.7 Å². The quantitative estimate of drug-likeness (QED) is 0.770. The molecule has 1 aromatic rings. The van der Waals surface area contributed by atoms with Gasteiger partial charge in [-0.1, -0.05) is 24.3 Å². The Morgan fingerprint density at radius 2 is 1.87 bits per heavy atom. The number of anilines is 1. The van der Waals surface area contributed by atoms with Crippen molar-refractivity contribution in [2.75, 3.05) is 18.5 Å². The molecule has 1 aliphatic heterocycles. The van der Waals surface area contributed by atoms with Crippen LogP contribution in [0, 0.1) is 0 Å². The first-order valence-corrected chi connectivity index (χ1v) is 7.45. The molecule has 3 unspecified atom stereocenters. The van der Waals surface area contributed by atoms with Gasteiger partial charge in [-0.25, -0.2) is 4.79 Å². The summed E-state index contributed by atoms with van der Waals surface area (Å²) in [6.07, 6.45) is 1.66. The first-order valence-electron chi connectivity index (χ1n) is 7.45. The van der Waals surface area contributed by atoms with E-state index in [1.54, 1.807) is 18.0 Å². The van der Waals surface area contributed by atoms with Crippen LogP contribution in [0.3, 0.4) is 0 Å². The van der Waals surface area contributed by atoms with Gasteiger partial charge in [0.25, 0.3) is 0 Å². The Kier molecular flexibility index (Phi) is 3.66. The molecule has 6 heteroatoms. The van der Waals surface area contributed by atoms with Gasteiger partial charge >= 0.3 is 6.03 Å². The highest BCUT2D eigenvalue weighted by atomic mass is 16.4. The molecule has 2 amide bonds. The number of para-hydroxylation sites is 1. The van der Waals surface area contributed by atoms with E-state index >= 15 is 0 Å². The second-order valence-electron chi connectivity index (χ2n) is 6.12. The fourth-order valence-corrected chi connectivity index (χ4v) is 3.04. The average molecular weight is 316 g/mol. The van der Waals surface area contributed by atoms with Crippen molar-refractivity contribution in [3.63, 3.8) is 0 Å². The molecule has 1 saturated heterocycles. The molecule has 3 N–H and O–H groups in total. The van der Waals surface area contributed by atoms with E-state index in [-0.39, 0.29) is 17.8 Å². The maximum absolute atomic E-state index is 12.5. The SMILES string of the molecule is CN1C(=O)N(c2ccccc2)CC1C1=CC=C(O)C(C)(O)C1O. The highest BCUT2D eigenvalue weighted by Crippen LogP contribution is 2.34. The fourth-order valence-electron chi connectivity index (χ4n) is 3.04. The van der Waals surface area contributed by atoms with Gasteiger partial charge in [0, 0.05) is 12.7 Å². The summed E-state index contributed by atoms with van der Waals surface area (Å²) in [5.74, 6) is -0.291. The number of rotatable bonds is 2. The molecule has 122 valence electrons. The lowest BCUT2D eigenvalue weighted by atomic mass is 9.83. The number of aliphatic hydroxyl groups is 3. The Bertz CT molecular complexity index is 681. The van der Waals surface area contributed by atoms with Crippen LogP contribution in [0.5, 0.6) is 0 Å². The molecule has 2 aliphatic rings. The molecule has 1 aliphatic carbocycles. The zero-order valence-electron chi connectivity index (χ0n) is 13.0. The summed E-state index contributed by atoms with van der Waals surface area (Å²) in [5.41, 5.74) is -0.473. The van der Waals surface area contributed by atoms with Gasteiger partial charge in [-0.2, -0.15) is 0 Å². The van der Waals surface area contributed by atoms with E-state index in [9.17, 15) is 20.1 Å². The van der Waals surface area contributed by atoms with Crippen LogP contribution >= 0.6 is 0 Å². The van der Waals surface area contributed by atoms with Crippen molar-refractivity contribution in [3.8, 4) is 0 Å². The van der Waals surface area contributed by atoms with Crippen molar-refractivity contribution in [1.29, 1.82) is 0 Å². The van der Waals surface area contributed by atoms with Gasteiger partial charge in [0.15, 0.2) is 0 Å². The minimum absolute atomic E-state index is 0.173. The topological polar surface area (TPSA) is 84.2 Å². The van der Waals surface area contributed by atoms with Crippen LogP contribution in [0.4, 0.5) is 10.5 Å². The first kappa shape index (κ1) is 15.6. The number of amides is 2. The molecule has 3 atom stereocenters. The zero-order valence-corrected chi connectivity index (χ0v) is 13.0. The number of aliphatic hydroxyl groups excluding tert-OH is 2. The second kappa shape index (κ2) is 5.40. The summed E-state index contributed by atoms with van der Waals surface area (Å²) in [6.45, 7) is 1.72. The Morgan fingerprint density at radius 3 is 2.52 bits per heavy atom. The fraction of sp³-hybridized carbons (Fsp3) is 0.353. The largest absolute Gasteiger partial charge is 0.509 e. The number of hydrogen-bond acceptors (Lipinski definition) is 4. The lowest BCUT2D eigenvalue weighted by molar-refractivity contribution is -0.0468. The van der Waals surface area contributed by atoms with E-state index < -0.39 is 11.7 Å². The maximum atomic E-state index is 12.5. The number of carbonyl (C=O) groups is 1. The summed E-state index contributed by atoms with van der Waals surface area (Å²) in [5, 5.41) is 30.4. The molecule has 0 bridgehead atoms. The molecule has 1 heterocycles. The number of urea groups is 1. The number of benzene rings is 1. The van der Waals surface area contributed by atoms with E-state index in [1.807, 2.05) is 30.3 Å². The third kappa shape index (κ3) is 2.40. The molecular weight excluding hydrogens is 296 g/mol. The minimum Gasteiger partial charge on any atom is -0.509 e. The highest BCUT2D eigenvalue weighted by molar-refractivity contribution is 5.95. The maximum Gasteiger partial charge on any atom is 0.324 e. The van der Waals surface area contributed by atoms with Crippen LogP contribution in [0.1, 0.15) is 6.92 Å². The molecule has 0 aromatic heterocycles. The van der Waals surface area contributed by atoms with Crippen molar-refractivity contribution >= 4 is 11.7 Å². The van der Waals surface area contributed by atoms with Crippen LogP contribution in [0.25, 0.3) is 0 Å². The van der Waals surface area contributed by atoms with Crippen molar-refractivity contribution in [3.05, 3.63) is 53.8 Å². The van der Waals surface area contributed by atoms with Gasteiger partial charge in [0.05, 0.1) is 12.6 Å². The normalized spacial score (nSPS) is 31.2. The first-order chi connectivity index (χ1) is 10.8. The smallest absolute Gasteiger partial charge is 0.324 e. The molecule has 0 spiro atoms. The minimum atomic E-state index is -1.76. The monoisotopic (exact) mass is 316 g/mol. The van der Waals surface area contributed by atoms with Crippen molar-refractivity contribution < 1.29 is 20.1 Å². The molecule has 23 heavy (non-hydrogen) atoms. The van der Waals surface area contributed by atoms with E-state index in [4.69, 9.17) is 0 Å². The van der Waals surface area contributed by atoms with Crippen LogP contribution in [-0.4, -0.2) is 57.6 Å².